The van der Waals surface area contributed by atoms with E-state index in [4.69, 9.17) is 0 Å². The van der Waals surface area contributed by atoms with E-state index in [9.17, 15) is 4.79 Å². The monoisotopic (exact) mass is 343 g/mol. The van der Waals surface area contributed by atoms with Gasteiger partial charge in [-0.1, -0.05) is 11.6 Å². The Bertz CT molecular complexity index is 593. The Hall–Kier alpha value is -1.55. The lowest BCUT2D eigenvalue weighted by molar-refractivity contribution is 0.0923. The first-order valence-electron chi connectivity index (χ1n) is 9.92. The molecule has 0 spiro atoms. The fourth-order valence-corrected chi connectivity index (χ4v) is 4.13. The molecular formula is C21H33N3O. The van der Waals surface area contributed by atoms with Crippen LogP contribution in [0, 0.1) is 12.8 Å². The van der Waals surface area contributed by atoms with Gasteiger partial charge in [-0.3, -0.25) is 4.79 Å². The maximum atomic E-state index is 12.9. The van der Waals surface area contributed by atoms with Crippen molar-refractivity contribution >= 4 is 11.6 Å². The molecule has 1 atom stereocenters. The minimum atomic E-state index is 0.0901. The Balaban J connectivity index is 1.64. The minimum absolute atomic E-state index is 0.0901. The molecule has 0 aliphatic carbocycles. The normalized spacial score (nSPS) is 21.8. The van der Waals surface area contributed by atoms with Gasteiger partial charge in [0, 0.05) is 37.9 Å². The topological polar surface area (TPSA) is 35.6 Å². The number of amides is 1. The summed E-state index contributed by atoms with van der Waals surface area (Å²) in [6.07, 6.45) is 4.91. The van der Waals surface area contributed by atoms with Gasteiger partial charge in [0.1, 0.15) is 0 Å². The number of nitrogens with zero attached hydrogens (tertiary/aromatic N) is 2. The molecule has 2 fully saturated rings. The summed E-state index contributed by atoms with van der Waals surface area (Å²) in [7, 11) is 0. The van der Waals surface area contributed by atoms with Gasteiger partial charge in [-0.2, -0.15) is 0 Å². The van der Waals surface area contributed by atoms with Gasteiger partial charge >= 0.3 is 0 Å². The number of anilines is 1. The van der Waals surface area contributed by atoms with Crippen LogP contribution < -0.4 is 10.2 Å². The maximum absolute atomic E-state index is 12.9. The van der Waals surface area contributed by atoms with Gasteiger partial charge in [-0.15, -0.1) is 0 Å². The van der Waals surface area contributed by atoms with E-state index < -0.39 is 0 Å². The quantitative estimate of drug-likeness (QED) is 0.889. The number of aryl methyl sites for hydroxylation is 1. The predicted octanol–water partition coefficient (Wildman–Crippen LogP) is 3.45. The van der Waals surface area contributed by atoms with E-state index in [1.807, 2.05) is 6.07 Å². The summed E-state index contributed by atoms with van der Waals surface area (Å²) >= 11 is 0. The molecule has 0 aromatic heterocycles. The summed E-state index contributed by atoms with van der Waals surface area (Å²) in [6.45, 7) is 11.8. The second kappa shape index (κ2) is 8.22. The number of rotatable bonds is 5. The third-order valence-electron chi connectivity index (χ3n) is 5.68. The zero-order valence-corrected chi connectivity index (χ0v) is 16.1. The van der Waals surface area contributed by atoms with Gasteiger partial charge < -0.3 is 15.1 Å². The van der Waals surface area contributed by atoms with Crippen LogP contribution in [0.4, 0.5) is 5.69 Å². The van der Waals surface area contributed by atoms with E-state index >= 15 is 0 Å². The number of nitrogens with one attached hydrogen (secondary N) is 1. The number of piperidine rings is 1. The average Bonchev–Trinajstić information content (AvgIpc) is 3.14. The van der Waals surface area contributed by atoms with E-state index in [2.05, 4.69) is 48.0 Å². The number of hydrogen-bond acceptors (Lipinski definition) is 3. The third kappa shape index (κ3) is 4.55. The number of hydrogen-bond donors (Lipinski definition) is 1. The number of carbonyl (C=O) groups is 1. The standard InChI is InChI=1S/C21H33N3O/c1-16(2)24-12-6-7-18(15-24)14-22-21(25)19-13-17(3)8-9-20(19)23-10-4-5-11-23/h8-9,13,16,18H,4-7,10-12,14-15H2,1-3H3,(H,22,25). The summed E-state index contributed by atoms with van der Waals surface area (Å²) in [5, 5.41) is 3.23. The molecule has 2 aliphatic heterocycles. The number of benzene rings is 1. The van der Waals surface area contributed by atoms with Crippen LogP contribution in [0.2, 0.25) is 0 Å². The van der Waals surface area contributed by atoms with Gasteiger partial charge in [-0.25, -0.2) is 0 Å². The first kappa shape index (κ1) is 18.2. The molecule has 3 rings (SSSR count). The van der Waals surface area contributed by atoms with E-state index in [0.717, 1.165) is 43.0 Å². The first-order chi connectivity index (χ1) is 12.0. The molecule has 0 saturated carbocycles. The Morgan fingerprint density at radius 3 is 2.68 bits per heavy atom. The molecular weight excluding hydrogens is 310 g/mol. The van der Waals surface area contributed by atoms with Gasteiger partial charge in [0.05, 0.1) is 5.56 Å². The summed E-state index contributed by atoms with van der Waals surface area (Å²) in [4.78, 5) is 17.8. The average molecular weight is 344 g/mol. The van der Waals surface area contributed by atoms with Crippen molar-refractivity contribution in [2.45, 2.75) is 52.5 Å². The molecule has 0 radical (unpaired) electrons. The van der Waals surface area contributed by atoms with Crippen LogP contribution in [0.5, 0.6) is 0 Å². The Morgan fingerprint density at radius 1 is 1.20 bits per heavy atom. The fraction of sp³-hybridized carbons (Fsp3) is 0.667. The van der Waals surface area contributed by atoms with Crippen molar-refractivity contribution in [2.75, 3.05) is 37.6 Å². The highest BCUT2D eigenvalue weighted by atomic mass is 16.1. The molecule has 1 unspecified atom stereocenters. The van der Waals surface area contributed by atoms with Crippen LogP contribution in [0.15, 0.2) is 18.2 Å². The third-order valence-corrected chi connectivity index (χ3v) is 5.68. The maximum Gasteiger partial charge on any atom is 0.253 e. The summed E-state index contributed by atoms with van der Waals surface area (Å²) < 4.78 is 0. The zero-order valence-electron chi connectivity index (χ0n) is 16.1. The van der Waals surface area contributed by atoms with Crippen LogP contribution in [0.3, 0.4) is 0 Å². The fourth-order valence-electron chi connectivity index (χ4n) is 4.13. The lowest BCUT2D eigenvalue weighted by Gasteiger charge is -2.35. The summed E-state index contributed by atoms with van der Waals surface area (Å²) in [6, 6.07) is 6.88. The SMILES string of the molecule is Cc1ccc(N2CCCC2)c(C(=O)NCC2CCCN(C(C)C)C2)c1. The molecule has 25 heavy (non-hydrogen) atoms. The highest BCUT2D eigenvalue weighted by Crippen LogP contribution is 2.26. The van der Waals surface area contributed by atoms with Crippen molar-refractivity contribution in [3.05, 3.63) is 29.3 Å². The van der Waals surface area contributed by atoms with E-state index in [0.29, 0.717) is 12.0 Å². The van der Waals surface area contributed by atoms with Crippen molar-refractivity contribution < 1.29 is 4.79 Å². The molecule has 1 aromatic rings. The molecule has 4 nitrogen and oxygen atoms in total. The Kier molecular flexibility index (Phi) is 6.00. The number of likely N-dealkylation sites (tertiary alicyclic amines) is 1. The molecule has 2 saturated heterocycles. The van der Waals surface area contributed by atoms with E-state index in [-0.39, 0.29) is 5.91 Å². The number of carbonyl (C=O) groups excluding carboxylic acids is 1. The summed E-state index contributed by atoms with van der Waals surface area (Å²) in [5.41, 5.74) is 3.10. The molecule has 1 N–H and O–H groups in total. The Morgan fingerprint density at radius 2 is 1.96 bits per heavy atom. The Labute approximate surface area is 152 Å². The highest BCUT2D eigenvalue weighted by molar-refractivity contribution is 6.00. The van der Waals surface area contributed by atoms with Crippen molar-refractivity contribution in [1.82, 2.24) is 10.2 Å². The zero-order chi connectivity index (χ0) is 17.8. The van der Waals surface area contributed by atoms with Crippen LogP contribution in [0.25, 0.3) is 0 Å². The molecule has 138 valence electrons. The van der Waals surface area contributed by atoms with Crippen molar-refractivity contribution in [3.8, 4) is 0 Å². The molecule has 2 heterocycles. The van der Waals surface area contributed by atoms with Crippen LogP contribution in [0.1, 0.15) is 55.5 Å². The van der Waals surface area contributed by atoms with Crippen molar-refractivity contribution in [2.24, 2.45) is 5.92 Å². The molecule has 2 aliphatic rings. The van der Waals surface area contributed by atoms with Crippen molar-refractivity contribution in [1.29, 1.82) is 0 Å². The lowest BCUT2D eigenvalue weighted by Crippen LogP contribution is -2.43. The van der Waals surface area contributed by atoms with Crippen LogP contribution in [-0.4, -0.2) is 49.6 Å². The van der Waals surface area contributed by atoms with Gasteiger partial charge in [0.25, 0.3) is 5.91 Å². The first-order valence-corrected chi connectivity index (χ1v) is 9.92. The molecule has 4 heteroatoms. The largest absolute Gasteiger partial charge is 0.371 e. The van der Waals surface area contributed by atoms with Gasteiger partial charge in [-0.05, 0) is 71.0 Å². The predicted molar refractivity (Wildman–Crippen MR) is 104 cm³/mol. The smallest absolute Gasteiger partial charge is 0.253 e. The molecule has 1 amide bonds. The lowest BCUT2D eigenvalue weighted by atomic mass is 9.96. The van der Waals surface area contributed by atoms with Crippen LogP contribution >= 0.6 is 0 Å². The van der Waals surface area contributed by atoms with Gasteiger partial charge in [0.2, 0.25) is 0 Å². The van der Waals surface area contributed by atoms with E-state index in [1.165, 1.54) is 32.2 Å². The van der Waals surface area contributed by atoms with Crippen molar-refractivity contribution in [3.63, 3.8) is 0 Å². The molecule has 0 bridgehead atoms. The van der Waals surface area contributed by atoms with Gasteiger partial charge in [0.15, 0.2) is 0 Å². The van der Waals surface area contributed by atoms with Crippen LogP contribution in [-0.2, 0) is 0 Å². The molecule has 1 aromatic carbocycles. The minimum Gasteiger partial charge on any atom is -0.371 e. The highest BCUT2D eigenvalue weighted by Gasteiger charge is 2.23. The second-order valence-corrected chi connectivity index (χ2v) is 8.02. The van der Waals surface area contributed by atoms with E-state index in [1.54, 1.807) is 0 Å². The summed E-state index contributed by atoms with van der Waals surface area (Å²) in [5.74, 6) is 0.660. The second-order valence-electron chi connectivity index (χ2n) is 8.02.